The average Bonchev–Trinajstić information content (AvgIpc) is 3.01. The molecule has 0 aliphatic heterocycles. The van der Waals surface area contributed by atoms with E-state index in [-0.39, 0.29) is 22.5 Å². The van der Waals surface area contributed by atoms with E-state index < -0.39 is 17.5 Å². The molecule has 26 heavy (non-hydrogen) atoms. The van der Waals surface area contributed by atoms with Crippen molar-refractivity contribution in [2.24, 2.45) is 12.9 Å². The number of amides is 1. The number of nitrogens with one attached hydrogen (secondary N) is 2. The monoisotopic (exact) mass is 361 g/mol. The Balaban J connectivity index is 0.00000117. The number of benzene rings is 2. The molecule has 2 aromatic carbocycles. The minimum atomic E-state index is -0.758. The Bertz CT molecular complexity index is 952. The second kappa shape index (κ2) is 7.92. The van der Waals surface area contributed by atoms with E-state index in [0.29, 0.717) is 5.52 Å². The number of anilines is 2. The van der Waals surface area contributed by atoms with Gasteiger partial charge in [0.2, 0.25) is 0 Å². The highest BCUT2D eigenvalue weighted by molar-refractivity contribution is 6.04. The molecule has 138 valence electrons. The van der Waals surface area contributed by atoms with Crippen LogP contribution in [0.1, 0.15) is 29.8 Å². The van der Waals surface area contributed by atoms with Crippen LogP contribution in [-0.4, -0.2) is 15.5 Å². The number of carbonyl (C=O) groups is 1. The number of nitrogens with zero attached hydrogens (tertiary/aromatic N) is 2. The van der Waals surface area contributed by atoms with Gasteiger partial charge in [0.1, 0.15) is 11.3 Å². The summed E-state index contributed by atoms with van der Waals surface area (Å²) in [5, 5.41) is 2.64. The first-order valence-electron chi connectivity index (χ1n) is 8.10. The molecule has 0 fully saturated rings. The fourth-order valence-electron chi connectivity index (χ4n) is 2.46. The lowest BCUT2D eigenvalue weighted by molar-refractivity contribution is 0.0954. The molecule has 8 heteroatoms. The first-order chi connectivity index (χ1) is 12.4. The van der Waals surface area contributed by atoms with Crippen LogP contribution >= 0.6 is 0 Å². The van der Waals surface area contributed by atoms with E-state index in [0.717, 1.165) is 5.56 Å². The molecule has 4 N–H and O–H groups in total. The number of hydrazine groups is 1. The molecule has 1 aromatic heterocycles. The molecule has 6 nitrogen and oxygen atoms in total. The summed E-state index contributed by atoms with van der Waals surface area (Å²) in [6.45, 7) is 5.74. The van der Waals surface area contributed by atoms with Crippen molar-refractivity contribution in [2.45, 2.75) is 20.8 Å². The number of carbonyl (C=O) groups excluding carboxylic acids is 1. The van der Waals surface area contributed by atoms with Crippen molar-refractivity contribution in [1.29, 1.82) is 0 Å². The molecule has 1 amide bonds. The number of halogens is 2. The molecule has 0 unspecified atom stereocenters. The van der Waals surface area contributed by atoms with E-state index in [1.54, 1.807) is 24.6 Å². The number of nitrogens with two attached hydrogens (primary N) is 1. The van der Waals surface area contributed by atoms with Crippen molar-refractivity contribution >= 4 is 28.3 Å². The Labute approximate surface area is 150 Å². The number of rotatable bonds is 3. The maximum atomic E-state index is 14.9. The standard InChI is InChI=1S/C16H15F2N5O.C2H6/c1-8-3-4-11(10(17)5-8)21-14-9(16(24)22-19)6-12-15(13(14)18)20-7-23(12)2;1-2/h3-7,21H,19H2,1-2H3,(H,22,24);1-2H3. The second-order valence-electron chi connectivity index (χ2n) is 5.42. The van der Waals surface area contributed by atoms with Gasteiger partial charge in [-0.05, 0) is 30.7 Å². The molecular formula is C18H21F2N5O. The Morgan fingerprint density at radius 1 is 1.23 bits per heavy atom. The van der Waals surface area contributed by atoms with Crippen LogP contribution in [0.3, 0.4) is 0 Å². The lowest BCUT2D eigenvalue weighted by atomic mass is 10.1. The van der Waals surface area contributed by atoms with Crippen LogP contribution in [0.25, 0.3) is 11.0 Å². The summed E-state index contributed by atoms with van der Waals surface area (Å²) in [7, 11) is 1.67. The van der Waals surface area contributed by atoms with Crippen molar-refractivity contribution in [1.82, 2.24) is 15.0 Å². The molecule has 0 aliphatic carbocycles. The van der Waals surface area contributed by atoms with Gasteiger partial charge < -0.3 is 9.88 Å². The van der Waals surface area contributed by atoms with E-state index in [1.165, 1.54) is 24.5 Å². The predicted octanol–water partition coefficient (Wildman–Crippen LogP) is 3.53. The van der Waals surface area contributed by atoms with E-state index in [9.17, 15) is 13.6 Å². The van der Waals surface area contributed by atoms with Crippen molar-refractivity contribution < 1.29 is 13.6 Å². The third-order valence-corrected chi connectivity index (χ3v) is 3.72. The second-order valence-corrected chi connectivity index (χ2v) is 5.42. The molecule has 0 aliphatic rings. The van der Waals surface area contributed by atoms with E-state index in [4.69, 9.17) is 5.84 Å². The summed E-state index contributed by atoms with van der Waals surface area (Å²) in [5.41, 5.74) is 2.98. The maximum Gasteiger partial charge on any atom is 0.267 e. The lowest BCUT2D eigenvalue weighted by Crippen LogP contribution is -2.30. The quantitative estimate of drug-likeness (QED) is 0.378. The minimum Gasteiger partial charge on any atom is -0.350 e. The molecule has 0 radical (unpaired) electrons. The minimum absolute atomic E-state index is 0.0425. The van der Waals surface area contributed by atoms with Gasteiger partial charge >= 0.3 is 0 Å². The van der Waals surface area contributed by atoms with Crippen LogP contribution in [0.4, 0.5) is 20.2 Å². The first kappa shape index (κ1) is 19.3. The topological polar surface area (TPSA) is 85.0 Å². The van der Waals surface area contributed by atoms with Gasteiger partial charge in [0, 0.05) is 7.05 Å². The van der Waals surface area contributed by atoms with Gasteiger partial charge in [-0.15, -0.1) is 0 Å². The summed E-state index contributed by atoms with van der Waals surface area (Å²) in [4.78, 5) is 16.0. The third-order valence-electron chi connectivity index (χ3n) is 3.72. The predicted molar refractivity (Wildman–Crippen MR) is 98.1 cm³/mol. The molecular weight excluding hydrogens is 340 g/mol. The van der Waals surface area contributed by atoms with Gasteiger partial charge in [-0.1, -0.05) is 19.9 Å². The SMILES string of the molecule is CC.Cc1ccc(Nc2c(C(=O)NN)cc3c(ncn3C)c2F)c(F)c1. The third kappa shape index (κ3) is 3.50. The van der Waals surface area contributed by atoms with E-state index >= 15 is 0 Å². The summed E-state index contributed by atoms with van der Waals surface area (Å²) in [6.07, 6.45) is 1.42. The highest BCUT2D eigenvalue weighted by Crippen LogP contribution is 2.31. The smallest absolute Gasteiger partial charge is 0.267 e. The first-order valence-corrected chi connectivity index (χ1v) is 8.10. The van der Waals surface area contributed by atoms with Gasteiger partial charge in [-0.2, -0.15) is 0 Å². The fourth-order valence-corrected chi connectivity index (χ4v) is 2.46. The van der Waals surface area contributed by atoms with Crippen LogP contribution in [0.5, 0.6) is 0 Å². The van der Waals surface area contributed by atoms with E-state index in [1.807, 2.05) is 19.3 Å². The molecule has 0 atom stereocenters. The Kier molecular flexibility index (Phi) is 5.89. The molecule has 3 aromatic rings. The van der Waals surface area contributed by atoms with Crippen molar-refractivity contribution in [3.8, 4) is 0 Å². The van der Waals surface area contributed by atoms with E-state index in [2.05, 4.69) is 10.3 Å². The van der Waals surface area contributed by atoms with Crippen LogP contribution < -0.4 is 16.6 Å². The van der Waals surface area contributed by atoms with Crippen LogP contribution in [-0.2, 0) is 7.05 Å². The zero-order valence-electron chi connectivity index (χ0n) is 15.0. The van der Waals surface area contributed by atoms with Gasteiger partial charge in [0.05, 0.1) is 28.8 Å². The summed E-state index contributed by atoms with van der Waals surface area (Å²) < 4.78 is 30.5. The van der Waals surface area contributed by atoms with Crippen molar-refractivity contribution in [3.05, 3.63) is 53.4 Å². The zero-order valence-corrected chi connectivity index (χ0v) is 15.0. The number of hydrogen-bond acceptors (Lipinski definition) is 4. The Morgan fingerprint density at radius 3 is 2.54 bits per heavy atom. The molecule has 0 spiro atoms. The number of hydrogen-bond donors (Lipinski definition) is 3. The highest BCUT2D eigenvalue weighted by Gasteiger charge is 2.21. The number of imidazole rings is 1. The normalized spacial score (nSPS) is 10.3. The Morgan fingerprint density at radius 2 is 1.92 bits per heavy atom. The van der Waals surface area contributed by atoms with Gasteiger partial charge in [0.25, 0.3) is 5.91 Å². The largest absolute Gasteiger partial charge is 0.350 e. The Hall–Kier alpha value is -3.00. The average molecular weight is 361 g/mol. The molecule has 0 saturated heterocycles. The van der Waals surface area contributed by atoms with Crippen LogP contribution in [0, 0.1) is 18.6 Å². The maximum absolute atomic E-state index is 14.9. The van der Waals surface area contributed by atoms with Crippen LogP contribution in [0.2, 0.25) is 0 Å². The molecule has 1 heterocycles. The number of aromatic nitrogens is 2. The summed E-state index contributed by atoms with van der Waals surface area (Å²) >= 11 is 0. The van der Waals surface area contributed by atoms with Gasteiger partial charge in [-0.25, -0.2) is 19.6 Å². The fraction of sp³-hybridized carbons (Fsp3) is 0.222. The molecule has 3 rings (SSSR count). The molecule has 0 saturated carbocycles. The number of fused-ring (bicyclic) bond motifs is 1. The summed E-state index contributed by atoms with van der Waals surface area (Å²) in [6, 6.07) is 5.90. The summed E-state index contributed by atoms with van der Waals surface area (Å²) in [5.74, 6) is 3.16. The van der Waals surface area contributed by atoms with Crippen LogP contribution in [0.15, 0.2) is 30.6 Å². The van der Waals surface area contributed by atoms with Gasteiger partial charge in [-0.3, -0.25) is 10.2 Å². The lowest BCUT2D eigenvalue weighted by Gasteiger charge is -2.14. The number of nitrogen functional groups attached to an aromatic ring is 1. The van der Waals surface area contributed by atoms with Crippen molar-refractivity contribution in [2.75, 3.05) is 5.32 Å². The highest BCUT2D eigenvalue weighted by atomic mass is 19.1. The zero-order chi connectivity index (χ0) is 19.4. The van der Waals surface area contributed by atoms with Crippen molar-refractivity contribution in [3.63, 3.8) is 0 Å². The number of aryl methyl sites for hydroxylation is 2. The van der Waals surface area contributed by atoms with Gasteiger partial charge in [0.15, 0.2) is 5.82 Å². The molecule has 0 bridgehead atoms.